The van der Waals surface area contributed by atoms with Crippen molar-refractivity contribution in [3.05, 3.63) is 0 Å². The van der Waals surface area contributed by atoms with Gasteiger partial charge in [0.2, 0.25) is 11.8 Å². The standard InChI is InChI=1S/C15H22N2O4/c1-21-15(20)12-5-3-9-17(12)14(19)11-4-2-8-16(11)13(18)10-6-7-10/h10-12H,2-9H2,1H3. The summed E-state index contributed by atoms with van der Waals surface area (Å²) in [4.78, 5) is 40.2. The van der Waals surface area contributed by atoms with E-state index >= 15 is 0 Å². The number of ether oxygens (including phenoxy) is 1. The van der Waals surface area contributed by atoms with Crippen molar-refractivity contribution in [2.24, 2.45) is 5.92 Å². The van der Waals surface area contributed by atoms with Gasteiger partial charge in [0, 0.05) is 19.0 Å². The van der Waals surface area contributed by atoms with Crippen molar-refractivity contribution in [3.8, 4) is 0 Å². The Morgan fingerprint density at radius 3 is 2.00 bits per heavy atom. The molecule has 0 aromatic heterocycles. The molecule has 0 spiro atoms. The van der Waals surface area contributed by atoms with Crippen molar-refractivity contribution >= 4 is 17.8 Å². The van der Waals surface area contributed by atoms with Crippen LogP contribution in [-0.2, 0) is 19.1 Å². The summed E-state index contributed by atoms with van der Waals surface area (Å²) in [6, 6.07) is -0.843. The van der Waals surface area contributed by atoms with Crippen LogP contribution in [0.5, 0.6) is 0 Å². The summed E-state index contributed by atoms with van der Waals surface area (Å²) in [6.45, 7) is 1.25. The molecule has 3 fully saturated rings. The second kappa shape index (κ2) is 5.66. The molecule has 3 rings (SSSR count). The van der Waals surface area contributed by atoms with Gasteiger partial charge in [-0.25, -0.2) is 4.79 Å². The van der Waals surface area contributed by atoms with Gasteiger partial charge in [0.15, 0.2) is 0 Å². The molecule has 1 aliphatic carbocycles. The van der Waals surface area contributed by atoms with Gasteiger partial charge in [-0.1, -0.05) is 0 Å². The van der Waals surface area contributed by atoms with Crippen LogP contribution in [-0.4, -0.2) is 59.9 Å². The topological polar surface area (TPSA) is 66.9 Å². The Balaban J connectivity index is 1.71. The maximum absolute atomic E-state index is 12.8. The fourth-order valence-corrected chi connectivity index (χ4v) is 3.46. The van der Waals surface area contributed by atoms with Crippen molar-refractivity contribution in [2.45, 2.75) is 50.6 Å². The van der Waals surface area contributed by atoms with E-state index in [4.69, 9.17) is 4.74 Å². The van der Waals surface area contributed by atoms with Gasteiger partial charge in [-0.2, -0.15) is 0 Å². The van der Waals surface area contributed by atoms with Crippen LogP contribution < -0.4 is 0 Å². The van der Waals surface area contributed by atoms with Gasteiger partial charge in [-0.15, -0.1) is 0 Å². The van der Waals surface area contributed by atoms with Gasteiger partial charge in [0.25, 0.3) is 0 Å². The molecule has 116 valence electrons. The third kappa shape index (κ3) is 2.63. The lowest BCUT2D eigenvalue weighted by atomic mass is 10.1. The van der Waals surface area contributed by atoms with Crippen LogP contribution in [0.2, 0.25) is 0 Å². The summed E-state index contributed by atoms with van der Waals surface area (Å²) in [7, 11) is 1.35. The minimum atomic E-state index is -0.471. The van der Waals surface area contributed by atoms with E-state index in [9.17, 15) is 14.4 Å². The summed E-state index contributed by atoms with van der Waals surface area (Å²) in [5.74, 6) is -0.165. The highest BCUT2D eigenvalue weighted by molar-refractivity contribution is 5.92. The van der Waals surface area contributed by atoms with E-state index in [1.807, 2.05) is 0 Å². The zero-order valence-electron chi connectivity index (χ0n) is 12.4. The number of carbonyl (C=O) groups excluding carboxylic acids is 3. The van der Waals surface area contributed by atoms with Gasteiger partial charge in [-0.3, -0.25) is 9.59 Å². The SMILES string of the molecule is COC(=O)C1CCCN1C(=O)C1CCCN1C(=O)C1CC1. The first-order valence-corrected chi connectivity index (χ1v) is 7.82. The Morgan fingerprint density at radius 2 is 1.43 bits per heavy atom. The van der Waals surface area contributed by atoms with E-state index in [-0.39, 0.29) is 29.7 Å². The summed E-state index contributed by atoms with van der Waals surface area (Å²) in [5, 5.41) is 0. The minimum Gasteiger partial charge on any atom is -0.467 e. The molecule has 6 nitrogen and oxygen atoms in total. The van der Waals surface area contributed by atoms with E-state index in [0.29, 0.717) is 25.9 Å². The van der Waals surface area contributed by atoms with Crippen LogP contribution in [0.25, 0.3) is 0 Å². The normalized spacial score (nSPS) is 28.8. The molecule has 6 heteroatoms. The van der Waals surface area contributed by atoms with Crippen LogP contribution in [0, 0.1) is 5.92 Å². The highest BCUT2D eigenvalue weighted by atomic mass is 16.5. The molecular weight excluding hydrogens is 272 g/mol. The van der Waals surface area contributed by atoms with Crippen LogP contribution in [0.1, 0.15) is 38.5 Å². The van der Waals surface area contributed by atoms with Crippen LogP contribution in [0.15, 0.2) is 0 Å². The number of esters is 1. The number of nitrogens with zero attached hydrogens (tertiary/aromatic N) is 2. The third-order valence-electron chi connectivity index (χ3n) is 4.76. The lowest BCUT2D eigenvalue weighted by Gasteiger charge is -2.30. The molecule has 0 bridgehead atoms. The monoisotopic (exact) mass is 294 g/mol. The summed E-state index contributed by atoms with van der Waals surface area (Å²) in [6.07, 6.45) is 4.94. The molecule has 0 aromatic rings. The number of methoxy groups -OCH3 is 1. The maximum Gasteiger partial charge on any atom is 0.328 e. The van der Waals surface area contributed by atoms with Crippen molar-refractivity contribution in [1.82, 2.24) is 9.80 Å². The van der Waals surface area contributed by atoms with Gasteiger partial charge in [0.1, 0.15) is 12.1 Å². The molecule has 0 aromatic carbocycles. The third-order valence-corrected chi connectivity index (χ3v) is 4.76. The predicted molar refractivity (Wildman–Crippen MR) is 74.2 cm³/mol. The highest BCUT2D eigenvalue weighted by Crippen LogP contribution is 2.34. The van der Waals surface area contributed by atoms with Gasteiger partial charge in [0.05, 0.1) is 7.11 Å². The fraction of sp³-hybridized carbons (Fsp3) is 0.800. The van der Waals surface area contributed by atoms with E-state index in [0.717, 1.165) is 25.7 Å². The molecule has 0 N–H and O–H groups in total. The van der Waals surface area contributed by atoms with E-state index in [1.54, 1.807) is 9.80 Å². The number of likely N-dealkylation sites (tertiary alicyclic amines) is 2. The highest BCUT2D eigenvalue weighted by Gasteiger charge is 2.45. The number of amides is 2. The Morgan fingerprint density at radius 1 is 0.857 bits per heavy atom. The van der Waals surface area contributed by atoms with E-state index in [1.165, 1.54) is 7.11 Å². The molecule has 2 heterocycles. The summed E-state index contributed by atoms with van der Waals surface area (Å²) < 4.78 is 4.79. The van der Waals surface area contributed by atoms with Crippen molar-refractivity contribution in [1.29, 1.82) is 0 Å². The maximum atomic E-state index is 12.8. The van der Waals surface area contributed by atoms with Crippen molar-refractivity contribution in [2.75, 3.05) is 20.2 Å². The molecule has 0 radical (unpaired) electrons. The molecular formula is C15H22N2O4. The quantitative estimate of drug-likeness (QED) is 0.713. The predicted octanol–water partition coefficient (Wildman–Crippen LogP) is 0.551. The van der Waals surface area contributed by atoms with Gasteiger partial charge < -0.3 is 14.5 Å². The molecule has 2 aliphatic heterocycles. The first kappa shape index (κ1) is 14.4. The Bertz CT molecular complexity index is 461. The zero-order valence-corrected chi connectivity index (χ0v) is 12.4. The average molecular weight is 294 g/mol. The van der Waals surface area contributed by atoms with Crippen LogP contribution in [0.4, 0.5) is 0 Å². The van der Waals surface area contributed by atoms with Crippen molar-refractivity contribution in [3.63, 3.8) is 0 Å². The van der Waals surface area contributed by atoms with Crippen LogP contribution in [0.3, 0.4) is 0 Å². The number of rotatable bonds is 3. The van der Waals surface area contributed by atoms with E-state index < -0.39 is 6.04 Å². The zero-order chi connectivity index (χ0) is 15.0. The first-order valence-electron chi connectivity index (χ1n) is 7.82. The van der Waals surface area contributed by atoms with Crippen molar-refractivity contribution < 1.29 is 19.1 Å². The molecule has 3 aliphatic rings. The van der Waals surface area contributed by atoms with Gasteiger partial charge in [-0.05, 0) is 38.5 Å². The number of hydrogen-bond acceptors (Lipinski definition) is 4. The fourth-order valence-electron chi connectivity index (χ4n) is 3.46. The molecule has 2 atom stereocenters. The lowest BCUT2D eigenvalue weighted by molar-refractivity contribution is -0.153. The second-order valence-electron chi connectivity index (χ2n) is 6.18. The van der Waals surface area contributed by atoms with Gasteiger partial charge >= 0.3 is 5.97 Å². The van der Waals surface area contributed by atoms with Crippen LogP contribution >= 0.6 is 0 Å². The minimum absolute atomic E-state index is 0.0746. The Hall–Kier alpha value is -1.59. The first-order chi connectivity index (χ1) is 10.1. The summed E-state index contributed by atoms with van der Waals surface area (Å²) in [5.41, 5.74) is 0. The Kier molecular flexibility index (Phi) is 3.87. The number of carbonyl (C=O) groups is 3. The molecule has 21 heavy (non-hydrogen) atoms. The second-order valence-corrected chi connectivity index (χ2v) is 6.18. The average Bonchev–Trinajstić information content (AvgIpc) is 3.04. The smallest absolute Gasteiger partial charge is 0.328 e. The Labute approximate surface area is 124 Å². The molecule has 1 saturated carbocycles. The molecule has 2 unspecified atom stereocenters. The largest absolute Gasteiger partial charge is 0.467 e. The summed E-state index contributed by atoms with van der Waals surface area (Å²) >= 11 is 0. The lowest BCUT2D eigenvalue weighted by Crippen LogP contribution is -2.51. The molecule has 2 saturated heterocycles. The molecule has 2 amide bonds. The number of hydrogen-bond donors (Lipinski definition) is 0. The van der Waals surface area contributed by atoms with E-state index in [2.05, 4.69) is 0 Å².